The second kappa shape index (κ2) is 6.48. The molecule has 1 aliphatic heterocycles. The topological polar surface area (TPSA) is 84.2 Å². The zero-order valence-electron chi connectivity index (χ0n) is 12.7. The largest absolute Gasteiger partial charge is 0.353 e. The molecule has 5 heteroatoms. The van der Waals surface area contributed by atoms with Gasteiger partial charge < -0.3 is 16.4 Å². The molecule has 4 N–H and O–H groups in total. The van der Waals surface area contributed by atoms with Gasteiger partial charge in [0.25, 0.3) is 0 Å². The highest BCUT2D eigenvalue weighted by Crippen LogP contribution is 2.33. The second-order valence-electron chi connectivity index (χ2n) is 6.29. The Hall–Kier alpha value is -1.88. The van der Waals surface area contributed by atoms with Crippen LogP contribution in [0.1, 0.15) is 43.6 Å². The number of fused-ring (bicyclic) bond motifs is 1. The van der Waals surface area contributed by atoms with Crippen molar-refractivity contribution in [3.8, 4) is 0 Å². The van der Waals surface area contributed by atoms with Gasteiger partial charge in [0.1, 0.15) is 0 Å². The molecule has 22 heavy (non-hydrogen) atoms. The predicted molar refractivity (Wildman–Crippen MR) is 85.4 cm³/mol. The summed E-state index contributed by atoms with van der Waals surface area (Å²) in [5.41, 5.74) is 7.48. The van der Waals surface area contributed by atoms with E-state index in [1.54, 1.807) is 0 Å². The van der Waals surface area contributed by atoms with Crippen LogP contribution < -0.4 is 16.4 Å². The maximum atomic E-state index is 12.7. The number of hydrogen-bond acceptors (Lipinski definition) is 3. The molecule has 1 aromatic carbocycles. The minimum atomic E-state index is -0.398. The number of para-hydroxylation sites is 1. The minimum Gasteiger partial charge on any atom is -0.353 e. The normalized spacial score (nSPS) is 27.7. The molecule has 0 aromatic heterocycles. The lowest BCUT2D eigenvalue weighted by Crippen LogP contribution is -2.47. The third-order valence-electron chi connectivity index (χ3n) is 4.86. The van der Waals surface area contributed by atoms with Crippen molar-refractivity contribution < 1.29 is 9.59 Å². The van der Waals surface area contributed by atoms with Crippen LogP contribution in [0.15, 0.2) is 24.3 Å². The Balaban J connectivity index is 1.76. The van der Waals surface area contributed by atoms with Gasteiger partial charge in [0.15, 0.2) is 0 Å². The molecule has 2 amide bonds. The molecular formula is C17H23N3O2. The summed E-state index contributed by atoms with van der Waals surface area (Å²) in [7, 11) is 0. The molecule has 3 unspecified atom stereocenters. The van der Waals surface area contributed by atoms with Gasteiger partial charge in [0, 0.05) is 18.2 Å². The van der Waals surface area contributed by atoms with E-state index in [4.69, 9.17) is 5.73 Å². The molecule has 0 spiro atoms. The quantitative estimate of drug-likeness (QED) is 0.795. The van der Waals surface area contributed by atoms with Crippen molar-refractivity contribution in [3.05, 3.63) is 29.8 Å². The van der Waals surface area contributed by atoms with E-state index < -0.39 is 5.92 Å². The highest BCUT2D eigenvalue weighted by Gasteiger charge is 2.33. The third-order valence-corrected chi connectivity index (χ3v) is 4.86. The number of hydrogen-bond donors (Lipinski definition) is 3. The molecule has 0 bridgehead atoms. The summed E-state index contributed by atoms with van der Waals surface area (Å²) in [6, 6.07) is 7.67. The van der Waals surface area contributed by atoms with Gasteiger partial charge in [-0.1, -0.05) is 31.0 Å². The van der Waals surface area contributed by atoms with Crippen molar-refractivity contribution in [1.29, 1.82) is 0 Å². The highest BCUT2D eigenvalue weighted by atomic mass is 16.2. The summed E-state index contributed by atoms with van der Waals surface area (Å²) in [5.74, 6) is -0.193. The fraction of sp³-hybridized carbons (Fsp3) is 0.529. The van der Waals surface area contributed by atoms with Gasteiger partial charge in [-0.3, -0.25) is 9.59 Å². The average molecular weight is 301 g/mol. The number of amides is 2. The van der Waals surface area contributed by atoms with Crippen molar-refractivity contribution >= 4 is 17.5 Å². The van der Waals surface area contributed by atoms with Crippen molar-refractivity contribution in [3.63, 3.8) is 0 Å². The van der Waals surface area contributed by atoms with E-state index in [1.165, 1.54) is 6.42 Å². The lowest BCUT2D eigenvalue weighted by atomic mass is 9.83. The fourth-order valence-corrected chi connectivity index (χ4v) is 3.61. The summed E-state index contributed by atoms with van der Waals surface area (Å²) in [6.07, 6.45) is 4.58. The number of carbonyl (C=O) groups excluding carboxylic acids is 2. The Kier molecular flexibility index (Phi) is 4.43. The maximum absolute atomic E-state index is 12.7. The SMILES string of the molecule is NCC1CCCCC1NC(=O)C1CC(=O)Nc2ccccc21. The molecule has 3 atom stereocenters. The van der Waals surface area contributed by atoms with Gasteiger partial charge in [0.05, 0.1) is 5.92 Å². The summed E-state index contributed by atoms with van der Waals surface area (Å²) < 4.78 is 0. The fourth-order valence-electron chi connectivity index (χ4n) is 3.61. The van der Waals surface area contributed by atoms with E-state index in [2.05, 4.69) is 10.6 Å². The van der Waals surface area contributed by atoms with Gasteiger partial charge in [0.2, 0.25) is 11.8 Å². The first-order valence-corrected chi connectivity index (χ1v) is 8.08. The first kappa shape index (κ1) is 15.0. The molecule has 1 aliphatic carbocycles. The van der Waals surface area contributed by atoms with Crippen LogP contribution in [0.3, 0.4) is 0 Å². The third kappa shape index (κ3) is 2.99. The zero-order valence-corrected chi connectivity index (χ0v) is 12.7. The molecule has 3 rings (SSSR count). The maximum Gasteiger partial charge on any atom is 0.228 e. The lowest BCUT2D eigenvalue weighted by molar-refractivity contribution is -0.127. The van der Waals surface area contributed by atoms with E-state index in [-0.39, 0.29) is 24.3 Å². The van der Waals surface area contributed by atoms with Crippen LogP contribution in [-0.4, -0.2) is 24.4 Å². The number of nitrogens with one attached hydrogen (secondary N) is 2. The molecule has 1 heterocycles. The summed E-state index contributed by atoms with van der Waals surface area (Å²) in [6.45, 7) is 0.604. The Morgan fingerprint density at radius 2 is 2.05 bits per heavy atom. The van der Waals surface area contributed by atoms with Crippen LogP contribution in [0.4, 0.5) is 5.69 Å². The Labute approximate surface area is 130 Å². The lowest BCUT2D eigenvalue weighted by Gasteiger charge is -2.33. The molecule has 0 radical (unpaired) electrons. The number of nitrogens with two attached hydrogens (primary N) is 1. The highest BCUT2D eigenvalue weighted by molar-refractivity contribution is 6.01. The Morgan fingerprint density at radius 3 is 2.86 bits per heavy atom. The van der Waals surface area contributed by atoms with E-state index in [0.29, 0.717) is 12.5 Å². The van der Waals surface area contributed by atoms with Gasteiger partial charge >= 0.3 is 0 Å². The van der Waals surface area contributed by atoms with Gasteiger partial charge in [-0.15, -0.1) is 0 Å². The van der Waals surface area contributed by atoms with Crippen LogP contribution in [0.25, 0.3) is 0 Å². The van der Waals surface area contributed by atoms with Crippen LogP contribution in [0.2, 0.25) is 0 Å². The number of carbonyl (C=O) groups is 2. The molecule has 118 valence electrons. The van der Waals surface area contributed by atoms with Gasteiger partial charge in [-0.05, 0) is 36.9 Å². The van der Waals surface area contributed by atoms with Crippen LogP contribution in [0.5, 0.6) is 0 Å². The molecule has 1 saturated carbocycles. The monoisotopic (exact) mass is 301 g/mol. The van der Waals surface area contributed by atoms with Crippen molar-refractivity contribution in [1.82, 2.24) is 5.32 Å². The van der Waals surface area contributed by atoms with E-state index in [1.807, 2.05) is 24.3 Å². The number of benzene rings is 1. The number of anilines is 1. The Bertz CT molecular complexity index is 573. The number of rotatable bonds is 3. The van der Waals surface area contributed by atoms with Crippen molar-refractivity contribution in [2.24, 2.45) is 11.7 Å². The smallest absolute Gasteiger partial charge is 0.228 e. The van der Waals surface area contributed by atoms with Crippen molar-refractivity contribution in [2.45, 2.75) is 44.1 Å². The standard InChI is InChI=1S/C17H23N3O2/c18-10-11-5-1-3-7-14(11)20-17(22)13-9-16(21)19-15-8-4-2-6-12(13)15/h2,4,6,8,11,13-14H,1,3,5,7,9-10,18H2,(H,19,21)(H,20,22). The van der Waals surface area contributed by atoms with Crippen LogP contribution in [0, 0.1) is 5.92 Å². The molecule has 0 saturated heterocycles. The summed E-state index contributed by atoms with van der Waals surface area (Å²) >= 11 is 0. The molecular weight excluding hydrogens is 278 g/mol. The Morgan fingerprint density at radius 1 is 1.27 bits per heavy atom. The zero-order chi connectivity index (χ0) is 15.5. The summed E-state index contributed by atoms with van der Waals surface area (Å²) in [4.78, 5) is 24.5. The molecule has 1 aromatic rings. The first-order valence-electron chi connectivity index (χ1n) is 8.08. The molecule has 1 fully saturated rings. The first-order chi connectivity index (χ1) is 10.7. The van der Waals surface area contributed by atoms with Crippen molar-refractivity contribution in [2.75, 3.05) is 11.9 Å². The van der Waals surface area contributed by atoms with Crippen LogP contribution >= 0.6 is 0 Å². The molecule has 2 aliphatic rings. The van der Waals surface area contributed by atoms with E-state index in [9.17, 15) is 9.59 Å². The average Bonchev–Trinajstić information content (AvgIpc) is 2.54. The van der Waals surface area contributed by atoms with E-state index >= 15 is 0 Å². The van der Waals surface area contributed by atoms with E-state index in [0.717, 1.165) is 30.5 Å². The molecule has 5 nitrogen and oxygen atoms in total. The predicted octanol–water partition coefficient (Wildman–Crippen LogP) is 1.75. The van der Waals surface area contributed by atoms with Gasteiger partial charge in [-0.25, -0.2) is 0 Å². The minimum absolute atomic E-state index is 0.0485. The second-order valence-corrected chi connectivity index (χ2v) is 6.29. The van der Waals surface area contributed by atoms with Crippen LogP contribution in [-0.2, 0) is 9.59 Å². The van der Waals surface area contributed by atoms with Gasteiger partial charge in [-0.2, -0.15) is 0 Å². The summed E-state index contributed by atoms with van der Waals surface area (Å²) in [5, 5.41) is 5.98.